The molecule has 7 heteroatoms. The third kappa shape index (κ3) is 3.92. The second-order valence-corrected chi connectivity index (χ2v) is 5.74. The Morgan fingerprint density at radius 1 is 1.15 bits per heavy atom. The Bertz CT molecular complexity index is 1040. The Hall–Kier alpha value is -3.74. The molecule has 136 valence electrons. The number of esters is 1. The highest BCUT2D eigenvalue weighted by atomic mass is 16.6. The number of benzene rings is 2. The van der Waals surface area contributed by atoms with Gasteiger partial charge in [0.1, 0.15) is 11.3 Å². The second-order valence-electron chi connectivity index (χ2n) is 5.74. The lowest BCUT2D eigenvalue weighted by Crippen LogP contribution is -2.11. The topological polar surface area (TPSA) is 91.6 Å². The van der Waals surface area contributed by atoms with E-state index in [1.807, 2.05) is 0 Å². The van der Waals surface area contributed by atoms with Crippen molar-refractivity contribution >= 4 is 28.6 Å². The molecule has 0 atom stereocenters. The Kier molecular flexibility index (Phi) is 5.12. The van der Waals surface area contributed by atoms with Crippen LogP contribution in [0.1, 0.15) is 12.5 Å². The predicted molar refractivity (Wildman–Crippen MR) is 101 cm³/mol. The SMILES string of the molecule is COc1ccc(/C=C(\C)C(=O)Oc2c([N+](=O)[O-])ccc3cccnc23)cc1. The number of nitro benzene ring substituents is 1. The zero-order chi connectivity index (χ0) is 19.4. The number of rotatable bonds is 5. The zero-order valence-electron chi connectivity index (χ0n) is 14.7. The summed E-state index contributed by atoms with van der Waals surface area (Å²) in [5, 5.41) is 12.0. The number of carbonyl (C=O) groups excluding carboxylic acids is 1. The number of methoxy groups -OCH3 is 1. The maximum absolute atomic E-state index is 12.5. The smallest absolute Gasteiger partial charge is 0.339 e. The fraction of sp³-hybridized carbons (Fsp3) is 0.100. The highest BCUT2D eigenvalue weighted by Gasteiger charge is 2.22. The summed E-state index contributed by atoms with van der Waals surface area (Å²) in [5.74, 6) is -0.150. The molecule has 3 rings (SSSR count). The molecule has 0 spiro atoms. The molecule has 0 radical (unpaired) electrons. The molecule has 0 bridgehead atoms. The summed E-state index contributed by atoms with van der Waals surface area (Å²) in [5.41, 5.74) is 1.02. The molecular formula is C20H16N2O5. The van der Waals surface area contributed by atoms with Gasteiger partial charge >= 0.3 is 11.7 Å². The van der Waals surface area contributed by atoms with E-state index in [1.165, 1.54) is 12.3 Å². The van der Waals surface area contributed by atoms with Crippen LogP contribution >= 0.6 is 0 Å². The van der Waals surface area contributed by atoms with Crippen molar-refractivity contribution in [2.45, 2.75) is 6.92 Å². The third-order valence-corrected chi connectivity index (χ3v) is 3.92. The van der Waals surface area contributed by atoms with Crippen molar-refractivity contribution in [1.29, 1.82) is 0 Å². The first-order valence-electron chi connectivity index (χ1n) is 8.06. The Morgan fingerprint density at radius 3 is 2.56 bits per heavy atom. The number of fused-ring (bicyclic) bond motifs is 1. The van der Waals surface area contributed by atoms with Crippen LogP contribution in [0.25, 0.3) is 17.0 Å². The van der Waals surface area contributed by atoms with Gasteiger partial charge in [-0.05, 0) is 42.8 Å². The first kappa shape index (κ1) is 18.1. The van der Waals surface area contributed by atoms with Gasteiger partial charge in [0.2, 0.25) is 5.75 Å². The van der Waals surface area contributed by atoms with Gasteiger partial charge in [0.05, 0.1) is 12.0 Å². The van der Waals surface area contributed by atoms with E-state index in [2.05, 4.69) is 4.98 Å². The van der Waals surface area contributed by atoms with Crippen molar-refractivity contribution in [1.82, 2.24) is 4.98 Å². The molecule has 0 aliphatic heterocycles. The molecule has 7 nitrogen and oxygen atoms in total. The quantitative estimate of drug-likeness (QED) is 0.222. The molecule has 0 unspecified atom stereocenters. The number of pyridine rings is 1. The van der Waals surface area contributed by atoms with Crippen LogP contribution in [0.5, 0.6) is 11.5 Å². The molecular weight excluding hydrogens is 348 g/mol. The molecule has 1 aromatic heterocycles. The molecule has 0 aliphatic rings. The minimum Gasteiger partial charge on any atom is -0.497 e. The van der Waals surface area contributed by atoms with Crippen molar-refractivity contribution in [2.75, 3.05) is 7.11 Å². The van der Waals surface area contributed by atoms with Crippen molar-refractivity contribution in [3.63, 3.8) is 0 Å². The van der Waals surface area contributed by atoms with Crippen molar-refractivity contribution in [2.24, 2.45) is 0 Å². The second kappa shape index (κ2) is 7.65. The maximum Gasteiger partial charge on any atom is 0.339 e. The number of aromatic nitrogens is 1. The lowest BCUT2D eigenvalue weighted by molar-refractivity contribution is -0.385. The predicted octanol–water partition coefficient (Wildman–Crippen LogP) is 4.16. The van der Waals surface area contributed by atoms with Gasteiger partial charge in [-0.2, -0.15) is 0 Å². The summed E-state index contributed by atoms with van der Waals surface area (Å²) >= 11 is 0. The summed E-state index contributed by atoms with van der Waals surface area (Å²) < 4.78 is 10.5. The maximum atomic E-state index is 12.5. The zero-order valence-corrected chi connectivity index (χ0v) is 14.7. The number of carbonyl (C=O) groups is 1. The highest BCUT2D eigenvalue weighted by Crippen LogP contribution is 2.34. The molecule has 0 N–H and O–H groups in total. The third-order valence-electron chi connectivity index (χ3n) is 3.92. The van der Waals surface area contributed by atoms with Gasteiger partial charge in [0.15, 0.2) is 0 Å². The van der Waals surface area contributed by atoms with E-state index in [0.29, 0.717) is 16.7 Å². The minimum absolute atomic E-state index is 0.161. The summed E-state index contributed by atoms with van der Waals surface area (Å²) in [7, 11) is 1.57. The number of nitro groups is 1. The number of hydrogen-bond donors (Lipinski definition) is 0. The van der Waals surface area contributed by atoms with Crippen molar-refractivity contribution in [3.05, 3.63) is 76.0 Å². The first-order chi connectivity index (χ1) is 13.0. The van der Waals surface area contributed by atoms with Crippen molar-refractivity contribution in [3.8, 4) is 11.5 Å². The van der Waals surface area contributed by atoms with Crippen LogP contribution in [0.2, 0.25) is 0 Å². The van der Waals surface area contributed by atoms with Crippen LogP contribution in [0.4, 0.5) is 5.69 Å². The number of ether oxygens (including phenoxy) is 2. The van der Waals surface area contributed by atoms with Crippen LogP contribution in [0.3, 0.4) is 0 Å². The molecule has 27 heavy (non-hydrogen) atoms. The number of hydrogen-bond acceptors (Lipinski definition) is 6. The summed E-state index contributed by atoms with van der Waals surface area (Å²) in [6.45, 7) is 1.58. The summed E-state index contributed by atoms with van der Waals surface area (Å²) in [6.07, 6.45) is 3.12. The van der Waals surface area contributed by atoms with E-state index in [1.54, 1.807) is 62.6 Å². The van der Waals surface area contributed by atoms with Gasteiger partial charge in [0.25, 0.3) is 0 Å². The monoisotopic (exact) mass is 364 g/mol. The molecule has 0 aliphatic carbocycles. The lowest BCUT2D eigenvalue weighted by Gasteiger charge is -2.08. The van der Waals surface area contributed by atoms with Crippen LogP contribution in [0.15, 0.2) is 60.3 Å². The van der Waals surface area contributed by atoms with E-state index in [-0.39, 0.29) is 17.0 Å². The summed E-state index contributed by atoms with van der Waals surface area (Å²) in [4.78, 5) is 27.3. The average Bonchev–Trinajstić information content (AvgIpc) is 2.68. The van der Waals surface area contributed by atoms with Gasteiger partial charge in [-0.1, -0.05) is 18.2 Å². The molecule has 2 aromatic carbocycles. The Morgan fingerprint density at radius 2 is 1.89 bits per heavy atom. The Balaban J connectivity index is 1.93. The van der Waals surface area contributed by atoms with Gasteiger partial charge in [-0.15, -0.1) is 0 Å². The molecule has 1 heterocycles. The highest BCUT2D eigenvalue weighted by molar-refractivity contribution is 5.98. The van der Waals surface area contributed by atoms with E-state index in [4.69, 9.17) is 9.47 Å². The van der Waals surface area contributed by atoms with Gasteiger partial charge in [0, 0.05) is 23.2 Å². The van der Waals surface area contributed by atoms with Crippen LogP contribution in [-0.2, 0) is 4.79 Å². The fourth-order valence-corrected chi connectivity index (χ4v) is 2.53. The van der Waals surface area contributed by atoms with E-state index in [9.17, 15) is 14.9 Å². The first-order valence-corrected chi connectivity index (χ1v) is 8.06. The van der Waals surface area contributed by atoms with Crippen molar-refractivity contribution < 1.29 is 19.2 Å². The number of nitrogens with zero attached hydrogens (tertiary/aromatic N) is 2. The molecule has 0 amide bonds. The van der Waals surface area contributed by atoms with Crippen LogP contribution < -0.4 is 9.47 Å². The lowest BCUT2D eigenvalue weighted by atomic mass is 10.1. The molecule has 0 fully saturated rings. The summed E-state index contributed by atoms with van der Waals surface area (Å²) in [6, 6.07) is 13.4. The minimum atomic E-state index is -0.688. The van der Waals surface area contributed by atoms with E-state index in [0.717, 1.165) is 5.56 Å². The molecule has 0 saturated carbocycles. The van der Waals surface area contributed by atoms with Crippen LogP contribution in [-0.4, -0.2) is 23.0 Å². The molecule has 3 aromatic rings. The van der Waals surface area contributed by atoms with E-state index < -0.39 is 10.9 Å². The largest absolute Gasteiger partial charge is 0.497 e. The normalized spacial score (nSPS) is 11.3. The Labute approximate surface area is 155 Å². The van der Waals surface area contributed by atoms with E-state index >= 15 is 0 Å². The standard InChI is InChI=1S/C20H16N2O5/c1-13(12-14-5-8-16(26-2)9-6-14)20(23)27-19-17(22(24)25)10-7-15-4-3-11-21-18(15)19/h3-12H,1-2H3/b13-12+. The molecule has 0 saturated heterocycles. The fourth-order valence-electron chi connectivity index (χ4n) is 2.53. The van der Waals surface area contributed by atoms with Gasteiger partial charge in [-0.3, -0.25) is 15.1 Å². The average molecular weight is 364 g/mol. The van der Waals surface area contributed by atoms with Gasteiger partial charge < -0.3 is 9.47 Å². The van der Waals surface area contributed by atoms with Crippen LogP contribution in [0, 0.1) is 10.1 Å². The van der Waals surface area contributed by atoms with Gasteiger partial charge in [-0.25, -0.2) is 4.79 Å².